The highest BCUT2D eigenvalue weighted by molar-refractivity contribution is 9.10. The van der Waals surface area contributed by atoms with E-state index < -0.39 is 0 Å². The first-order chi connectivity index (χ1) is 10.8. The molecule has 0 fully saturated rings. The highest BCUT2D eigenvalue weighted by atomic mass is 79.9. The number of pyridine rings is 1. The number of halogens is 2. The van der Waals surface area contributed by atoms with Crippen LogP contribution in [0.5, 0.6) is 0 Å². The van der Waals surface area contributed by atoms with Crippen molar-refractivity contribution in [3.8, 4) is 0 Å². The largest absolute Gasteiger partial charge is 0.324 e. The lowest BCUT2D eigenvalue weighted by atomic mass is 10.2. The maximum atomic E-state index is 4.62. The van der Waals surface area contributed by atoms with E-state index in [1.54, 1.807) is 0 Å². The van der Waals surface area contributed by atoms with E-state index in [0.717, 1.165) is 22.2 Å². The van der Waals surface area contributed by atoms with Gasteiger partial charge in [0.1, 0.15) is 5.82 Å². The van der Waals surface area contributed by atoms with Crippen molar-refractivity contribution in [3.05, 3.63) is 41.0 Å². The predicted molar refractivity (Wildman–Crippen MR) is 102 cm³/mol. The molecule has 2 aromatic rings. The normalized spacial score (nSPS) is 12.9. The van der Waals surface area contributed by atoms with Crippen molar-refractivity contribution in [1.29, 1.82) is 0 Å². The number of fused-ring (bicyclic) bond motifs is 2. The summed E-state index contributed by atoms with van der Waals surface area (Å²) in [5.41, 5.74) is 1.28. The van der Waals surface area contributed by atoms with Gasteiger partial charge in [0.2, 0.25) is 0 Å². The number of alkyl halides is 1. The van der Waals surface area contributed by atoms with Gasteiger partial charge < -0.3 is 4.90 Å². The van der Waals surface area contributed by atoms with Crippen LogP contribution in [-0.2, 0) is 0 Å². The number of benzene rings is 1. The van der Waals surface area contributed by atoms with Crippen LogP contribution in [0.1, 0.15) is 25.7 Å². The Morgan fingerprint density at radius 2 is 1.91 bits per heavy atom. The van der Waals surface area contributed by atoms with Crippen LogP contribution in [0.4, 0.5) is 11.5 Å². The summed E-state index contributed by atoms with van der Waals surface area (Å²) in [5, 5.41) is 1.11. The van der Waals surface area contributed by atoms with Crippen LogP contribution in [0.25, 0.3) is 0 Å². The molecule has 0 aliphatic carbocycles. The van der Waals surface area contributed by atoms with E-state index in [0.29, 0.717) is 0 Å². The highest BCUT2D eigenvalue weighted by Gasteiger charge is 2.24. The Bertz CT molecular complexity index is 648. The summed E-state index contributed by atoms with van der Waals surface area (Å²) in [4.78, 5) is 9.54. The first-order valence-corrected chi connectivity index (χ1v) is 10.3. The van der Waals surface area contributed by atoms with E-state index in [2.05, 4.69) is 66.0 Å². The van der Waals surface area contributed by atoms with Crippen molar-refractivity contribution < 1.29 is 0 Å². The van der Waals surface area contributed by atoms with Crippen molar-refractivity contribution in [2.45, 2.75) is 35.5 Å². The van der Waals surface area contributed by atoms with Crippen LogP contribution in [0, 0.1) is 0 Å². The summed E-state index contributed by atoms with van der Waals surface area (Å²) in [6.07, 6.45) is 6.90. The Kier molecular flexibility index (Phi) is 5.83. The molecule has 0 atom stereocenters. The van der Waals surface area contributed by atoms with E-state index in [1.165, 1.54) is 41.2 Å². The van der Waals surface area contributed by atoms with Crippen LogP contribution < -0.4 is 4.90 Å². The van der Waals surface area contributed by atoms with Gasteiger partial charge in [0.05, 0.1) is 10.6 Å². The number of hydrogen-bond donors (Lipinski definition) is 0. The molecular weight excluding hydrogens is 424 g/mol. The molecule has 5 heteroatoms. The van der Waals surface area contributed by atoms with Gasteiger partial charge in [-0.05, 0) is 43.2 Å². The van der Waals surface area contributed by atoms with Crippen LogP contribution in [0.2, 0.25) is 0 Å². The second-order valence-corrected chi connectivity index (χ2v) is 8.09. The van der Waals surface area contributed by atoms with Gasteiger partial charge in [-0.2, -0.15) is 0 Å². The lowest BCUT2D eigenvalue weighted by Crippen LogP contribution is -2.23. The topological polar surface area (TPSA) is 16.1 Å². The molecule has 0 N–H and O–H groups in total. The zero-order valence-corrected chi connectivity index (χ0v) is 16.3. The minimum atomic E-state index is 1.03. The summed E-state index contributed by atoms with van der Waals surface area (Å²) in [6, 6.07) is 10.7. The van der Waals surface area contributed by atoms with E-state index in [4.69, 9.17) is 0 Å². The number of nitrogens with zero attached hydrogens (tertiary/aromatic N) is 2. The van der Waals surface area contributed by atoms with Crippen LogP contribution in [0.15, 0.2) is 50.8 Å². The number of aromatic nitrogens is 1. The van der Waals surface area contributed by atoms with Gasteiger partial charge in [0.15, 0.2) is 0 Å². The molecule has 1 aliphatic rings. The smallest absolute Gasteiger partial charge is 0.147 e. The molecule has 2 nitrogen and oxygen atoms in total. The molecule has 0 spiro atoms. The first-order valence-electron chi connectivity index (χ1n) is 7.55. The number of anilines is 2. The standard InChI is InChI=1S/C17H18Br2N2S/c18-9-3-1-2-4-11-21-14-8-7-13(19)12-16(14)22-15-6-5-10-20-17(15)21/h5-8,10,12H,1-4,9,11H2. The van der Waals surface area contributed by atoms with Gasteiger partial charge in [0.25, 0.3) is 0 Å². The van der Waals surface area contributed by atoms with Gasteiger partial charge in [-0.1, -0.05) is 56.5 Å². The third-order valence-corrected chi connectivity index (χ3v) is 5.84. The van der Waals surface area contributed by atoms with Crippen molar-refractivity contribution in [1.82, 2.24) is 4.98 Å². The average Bonchev–Trinajstić information content (AvgIpc) is 2.53. The van der Waals surface area contributed by atoms with Gasteiger partial charge in [-0.25, -0.2) is 4.98 Å². The molecule has 1 aromatic carbocycles. The molecule has 0 unspecified atom stereocenters. The van der Waals surface area contributed by atoms with Gasteiger partial charge in [-0.15, -0.1) is 0 Å². The first kappa shape index (κ1) is 16.3. The number of unbranched alkanes of at least 4 members (excludes halogenated alkanes) is 3. The Morgan fingerprint density at radius 1 is 1.05 bits per heavy atom. The molecule has 3 rings (SSSR count). The zero-order chi connectivity index (χ0) is 15.4. The summed E-state index contributed by atoms with van der Waals surface area (Å²) in [7, 11) is 0. The lowest BCUT2D eigenvalue weighted by molar-refractivity contribution is 0.668. The van der Waals surface area contributed by atoms with E-state index in [9.17, 15) is 0 Å². The highest BCUT2D eigenvalue weighted by Crippen LogP contribution is 2.47. The molecule has 0 saturated carbocycles. The van der Waals surface area contributed by atoms with Crippen molar-refractivity contribution >= 4 is 55.1 Å². The summed E-state index contributed by atoms with van der Waals surface area (Å²) < 4.78 is 1.13. The maximum absolute atomic E-state index is 4.62. The quantitative estimate of drug-likeness (QED) is 0.381. The minimum Gasteiger partial charge on any atom is -0.324 e. The molecule has 0 amide bonds. The van der Waals surface area contributed by atoms with Crippen molar-refractivity contribution in [2.24, 2.45) is 0 Å². The average molecular weight is 442 g/mol. The predicted octanol–water partition coefficient (Wildman–Crippen LogP) is 6.40. The Balaban J connectivity index is 1.81. The molecule has 0 saturated heterocycles. The van der Waals surface area contributed by atoms with Crippen molar-refractivity contribution in [2.75, 3.05) is 16.8 Å². The van der Waals surface area contributed by atoms with Gasteiger partial charge >= 0.3 is 0 Å². The molecule has 116 valence electrons. The second-order valence-electron chi connectivity index (χ2n) is 5.29. The van der Waals surface area contributed by atoms with E-state index in [1.807, 2.05) is 24.0 Å². The maximum Gasteiger partial charge on any atom is 0.147 e. The van der Waals surface area contributed by atoms with Crippen molar-refractivity contribution in [3.63, 3.8) is 0 Å². The molecule has 0 bridgehead atoms. The number of hydrogen-bond acceptors (Lipinski definition) is 3. The Hall–Kier alpha value is -0.520. The third-order valence-electron chi connectivity index (χ3n) is 3.70. The summed E-state index contributed by atoms with van der Waals surface area (Å²) in [6.45, 7) is 1.03. The fourth-order valence-electron chi connectivity index (χ4n) is 2.63. The number of rotatable bonds is 6. The summed E-state index contributed by atoms with van der Waals surface area (Å²) >= 11 is 8.89. The molecule has 22 heavy (non-hydrogen) atoms. The zero-order valence-electron chi connectivity index (χ0n) is 12.3. The lowest BCUT2D eigenvalue weighted by Gasteiger charge is -2.31. The van der Waals surface area contributed by atoms with E-state index in [-0.39, 0.29) is 0 Å². The molecule has 2 heterocycles. The molecule has 1 aliphatic heterocycles. The third kappa shape index (κ3) is 3.69. The Labute approximate surface area is 153 Å². The summed E-state index contributed by atoms with van der Waals surface area (Å²) in [5.74, 6) is 1.10. The van der Waals surface area contributed by atoms with Crippen LogP contribution in [-0.4, -0.2) is 16.9 Å². The Morgan fingerprint density at radius 3 is 2.77 bits per heavy atom. The fourth-order valence-corrected chi connectivity index (χ4v) is 4.65. The molecule has 1 aromatic heterocycles. The monoisotopic (exact) mass is 440 g/mol. The van der Waals surface area contributed by atoms with Gasteiger partial charge in [0, 0.05) is 27.4 Å². The minimum absolute atomic E-state index is 1.03. The van der Waals surface area contributed by atoms with Crippen LogP contribution >= 0.6 is 43.6 Å². The fraction of sp³-hybridized carbons (Fsp3) is 0.353. The second kappa shape index (κ2) is 7.84. The van der Waals surface area contributed by atoms with Crippen LogP contribution in [0.3, 0.4) is 0 Å². The van der Waals surface area contributed by atoms with Gasteiger partial charge in [-0.3, -0.25) is 0 Å². The molecular formula is C17H18Br2N2S. The molecule has 0 radical (unpaired) electrons. The SMILES string of the molecule is BrCCCCCCN1c2ccc(Br)cc2Sc2cccnc21. The van der Waals surface area contributed by atoms with E-state index >= 15 is 0 Å².